The number of ether oxygens (including phenoxy) is 1. The van der Waals surface area contributed by atoms with Crippen LogP contribution in [-0.2, 0) is 14.8 Å². The average molecular weight is 553 g/mol. The van der Waals surface area contributed by atoms with E-state index >= 15 is 0 Å². The van der Waals surface area contributed by atoms with Crippen LogP contribution >= 0.6 is 0 Å². The molecule has 1 saturated carbocycles. The lowest BCUT2D eigenvalue weighted by atomic mass is 10.1. The molecule has 1 amide bonds. The van der Waals surface area contributed by atoms with Crippen LogP contribution in [0.15, 0.2) is 56.6 Å². The zero-order valence-electron chi connectivity index (χ0n) is 21.0. The predicted octanol–water partition coefficient (Wildman–Crippen LogP) is 1.16. The molecule has 0 unspecified atom stereocenters. The van der Waals surface area contributed by atoms with Gasteiger partial charge in [-0.2, -0.15) is 8.42 Å². The summed E-state index contributed by atoms with van der Waals surface area (Å²) in [5.74, 6) is -0.253. The van der Waals surface area contributed by atoms with Gasteiger partial charge in [0.05, 0.1) is 11.2 Å². The topological polar surface area (TPSA) is 168 Å². The van der Waals surface area contributed by atoms with Gasteiger partial charge in [0.25, 0.3) is 21.5 Å². The number of hydrogen-bond donors (Lipinski definition) is 4. The third-order valence-electron chi connectivity index (χ3n) is 7.16. The lowest BCUT2D eigenvalue weighted by molar-refractivity contribution is -0.132. The maximum Gasteiger partial charge on any atom is 0.286 e. The van der Waals surface area contributed by atoms with Crippen LogP contribution < -0.4 is 26.8 Å². The molecule has 204 valence electrons. The lowest BCUT2D eigenvalue weighted by Crippen LogP contribution is -2.37. The van der Waals surface area contributed by atoms with Crippen molar-refractivity contribution >= 4 is 38.4 Å². The van der Waals surface area contributed by atoms with Gasteiger partial charge in [-0.1, -0.05) is 12.1 Å². The first kappa shape index (κ1) is 25.2. The smallest absolute Gasteiger partial charge is 0.286 e. The molecule has 3 aliphatic rings. The van der Waals surface area contributed by atoms with E-state index in [1.54, 1.807) is 29.2 Å². The van der Waals surface area contributed by atoms with Crippen LogP contribution in [0.4, 0.5) is 5.69 Å². The van der Waals surface area contributed by atoms with Gasteiger partial charge in [0.15, 0.2) is 12.4 Å². The fourth-order valence-electron chi connectivity index (χ4n) is 4.83. The van der Waals surface area contributed by atoms with Crippen LogP contribution in [0.2, 0.25) is 0 Å². The van der Waals surface area contributed by atoms with E-state index in [4.69, 9.17) is 10.5 Å². The number of sulfonamides is 1. The van der Waals surface area contributed by atoms with Crippen molar-refractivity contribution in [2.75, 3.05) is 37.0 Å². The Morgan fingerprint density at radius 3 is 2.74 bits per heavy atom. The molecule has 3 heterocycles. The molecule has 0 radical (unpaired) electrons. The third kappa shape index (κ3) is 4.79. The van der Waals surface area contributed by atoms with Gasteiger partial charge in [-0.25, -0.2) is 4.68 Å². The number of nitrogens with zero attached hydrogens (tertiary/aromatic N) is 3. The summed E-state index contributed by atoms with van der Waals surface area (Å²) in [5.41, 5.74) is 8.71. The standard InChI is InChI=1S/C26H28N6O6S/c27-16-9-10-31(13-16)22(33)14-38-17-7-8-19-21(11-17)39(36,37)30-25(29-19)23-24(34)18-3-1-2-4-20(18)32(26(23)35)28-12-15-5-6-15/h1-4,7-8,11,15-16,28,34H,5-6,9-10,12-14,27H2,(H,29,30)/t16-/m0/s1. The molecule has 2 aliphatic heterocycles. The minimum absolute atomic E-state index is 0.0545. The maximum atomic E-state index is 13.6. The van der Waals surface area contributed by atoms with Crippen LogP contribution in [0, 0.1) is 5.92 Å². The summed E-state index contributed by atoms with van der Waals surface area (Å²) >= 11 is 0. The average Bonchev–Trinajstić information content (AvgIpc) is 3.64. The number of likely N-dealkylation sites (tertiary alicyclic amines) is 1. The Morgan fingerprint density at radius 1 is 1.21 bits per heavy atom. The first-order valence-corrected chi connectivity index (χ1v) is 14.2. The van der Waals surface area contributed by atoms with Gasteiger partial charge in [-0.05, 0) is 49.4 Å². The highest BCUT2D eigenvalue weighted by Crippen LogP contribution is 2.34. The van der Waals surface area contributed by atoms with Crippen molar-refractivity contribution in [2.45, 2.75) is 30.2 Å². The van der Waals surface area contributed by atoms with Crippen molar-refractivity contribution in [3.05, 3.63) is 58.4 Å². The number of carbonyl (C=O) groups is 1. The van der Waals surface area contributed by atoms with Crippen LogP contribution in [-0.4, -0.2) is 67.1 Å². The zero-order valence-corrected chi connectivity index (χ0v) is 21.8. The summed E-state index contributed by atoms with van der Waals surface area (Å²) in [5, 5.41) is 14.3. The quantitative estimate of drug-likeness (QED) is 0.336. The molecular weight excluding hydrogens is 524 g/mol. The van der Waals surface area contributed by atoms with Gasteiger partial charge in [0.2, 0.25) is 0 Å². The molecule has 2 fully saturated rings. The van der Waals surface area contributed by atoms with Crippen molar-refractivity contribution in [1.82, 2.24) is 9.58 Å². The van der Waals surface area contributed by atoms with Crippen molar-refractivity contribution in [1.29, 1.82) is 0 Å². The number of aromatic hydroxyl groups is 1. The number of anilines is 1. The number of nitrogens with one attached hydrogen (secondary N) is 2. The highest BCUT2D eigenvalue weighted by Gasteiger charge is 2.31. The largest absolute Gasteiger partial charge is 0.506 e. The number of amides is 1. The molecule has 1 saturated heterocycles. The molecule has 0 bridgehead atoms. The van der Waals surface area contributed by atoms with E-state index in [1.807, 2.05) is 0 Å². The molecule has 6 rings (SSSR count). The van der Waals surface area contributed by atoms with Crippen molar-refractivity contribution < 1.29 is 23.1 Å². The van der Waals surface area contributed by atoms with Gasteiger partial charge in [-0.15, -0.1) is 4.40 Å². The maximum absolute atomic E-state index is 13.6. The number of pyridine rings is 1. The van der Waals surface area contributed by atoms with Gasteiger partial charge >= 0.3 is 0 Å². The summed E-state index contributed by atoms with van der Waals surface area (Å²) in [7, 11) is -4.28. The Bertz CT molecular complexity index is 1680. The highest BCUT2D eigenvalue weighted by molar-refractivity contribution is 7.90. The number of carbonyl (C=O) groups excluding carboxylic acids is 1. The van der Waals surface area contributed by atoms with Crippen LogP contribution in [0.1, 0.15) is 24.8 Å². The molecule has 3 aromatic rings. The molecule has 39 heavy (non-hydrogen) atoms. The van der Waals surface area contributed by atoms with E-state index in [1.165, 1.54) is 22.9 Å². The second-order valence-electron chi connectivity index (χ2n) is 10.1. The summed E-state index contributed by atoms with van der Waals surface area (Å²) in [6.45, 7) is 1.33. The van der Waals surface area contributed by atoms with Crippen LogP contribution in [0.3, 0.4) is 0 Å². The summed E-state index contributed by atoms with van der Waals surface area (Å²) < 4.78 is 37.2. The van der Waals surface area contributed by atoms with Crippen LogP contribution in [0.5, 0.6) is 11.5 Å². The van der Waals surface area contributed by atoms with Crippen molar-refractivity contribution in [2.24, 2.45) is 16.0 Å². The molecule has 1 aromatic heterocycles. The Hall–Kier alpha value is -4.10. The lowest BCUT2D eigenvalue weighted by Gasteiger charge is -2.21. The number of aromatic nitrogens is 1. The molecule has 2 aromatic carbocycles. The Labute approximate surface area is 224 Å². The van der Waals surface area contributed by atoms with Gasteiger partial charge < -0.3 is 31.2 Å². The highest BCUT2D eigenvalue weighted by atomic mass is 32.2. The summed E-state index contributed by atoms with van der Waals surface area (Å²) in [6.07, 6.45) is 2.86. The predicted molar refractivity (Wildman–Crippen MR) is 145 cm³/mol. The molecule has 5 N–H and O–H groups in total. The number of para-hydroxylation sites is 1. The number of amidine groups is 1. The Balaban J connectivity index is 1.31. The molecule has 12 nitrogen and oxygen atoms in total. The van der Waals surface area contributed by atoms with E-state index < -0.39 is 15.6 Å². The monoisotopic (exact) mass is 552 g/mol. The number of fused-ring (bicyclic) bond motifs is 2. The second kappa shape index (κ2) is 9.58. The first-order valence-electron chi connectivity index (χ1n) is 12.7. The molecule has 1 atom stereocenters. The van der Waals surface area contributed by atoms with Crippen molar-refractivity contribution in [3.63, 3.8) is 0 Å². The van der Waals surface area contributed by atoms with Gasteiger partial charge in [0, 0.05) is 37.1 Å². The minimum Gasteiger partial charge on any atom is -0.506 e. The fraction of sp³-hybridized carbons (Fsp3) is 0.346. The fourth-order valence-corrected chi connectivity index (χ4v) is 5.96. The summed E-state index contributed by atoms with van der Waals surface area (Å²) in [6, 6.07) is 11.0. The van der Waals surface area contributed by atoms with Gasteiger partial charge in [0.1, 0.15) is 22.0 Å². The van der Waals surface area contributed by atoms with E-state index in [0.29, 0.717) is 36.5 Å². The SMILES string of the molecule is N[C@H]1CCN(C(=O)COc2ccc3c(c2)S(=O)(=O)N=C(c2c(O)c4ccccc4n(NCC4CC4)c2=O)N3)C1. The van der Waals surface area contributed by atoms with Crippen LogP contribution in [0.25, 0.3) is 10.9 Å². The minimum atomic E-state index is -4.28. The van der Waals surface area contributed by atoms with E-state index in [0.717, 1.165) is 19.3 Å². The Kier molecular flexibility index (Phi) is 6.19. The van der Waals surface area contributed by atoms with Crippen molar-refractivity contribution in [3.8, 4) is 11.5 Å². The summed E-state index contributed by atoms with van der Waals surface area (Å²) in [4.78, 5) is 27.4. The molecule has 0 spiro atoms. The second-order valence-corrected chi connectivity index (χ2v) is 11.6. The normalized spacial score (nSPS) is 19.8. The van der Waals surface area contributed by atoms with E-state index in [9.17, 15) is 23.1 Å². The number of rotatable bonds is 7. The first-order chi connectivity index (χ1) is 18.7. The zero-order chi connectivity index (χ0) is 27.3. The van der Waals surface area contributed by atoms with Gasteiger partial charge in [-0.3, -0.25) is 9.59 Å². The number of benzene rings is 2. The Morgan fingerprint density at radius 2 is 2.00 bits per heavy atom. The molecule has 1 aliphatic carbocycles. The van der Waals surface area contributed by atoms with E-state index in [2.05, 4.69) is 15.1 Å². The third-order valence-corrected chi connectivity index (χ3v) is 8.48. The number of nitrogens with two attached hydrogens (primary N) is 1. The molecule has 13 heteroatoms. The van der Waals surface area contributed by atoms with E-state index in [-0.39, 0.29) is 52.0 Å². The molecular formula is C26H28N6O6S. The number of hydrogen-bond acceptors (Lipinski definition) is 9.